The van der Waals surface area contributed by atoms with Gasteiger partial charge in [-0.25, -0.2) is 17.2 Å². The molecule has 0 saturated carbocycles. The molecule has 1 aliphatic rings. The molecule has 9 heteroatoms. The van der Waals surface area contributed by atoms with E-state index in [1.807, 2.05) is 0 Å². The molecule has 2 aromatic rings. The van der Waals surface area contributed by atoms with Gasteiger partial charge in [-0.05, 0) is 36.8 Å². The van der Waals surface area contributed by atoms with Gasteiger partial charge in [0.1, 0.15) is 11.6 Å². The van der Waals surface area contributed by atoms with Gasteiger partial charge >= 0.3 is 0 Å². The Morgan fingerprint density at radius 3 is 2.33 bits per heavy atom. The molecule has 27 heavy (non-hydrogen) atoms. The number of nitrogens with zero attached hydrogens (tertiary/aromatic N) is 1. The van der Waals surface area contributed by atoms with Crippen LogP contribution in [0.15, 0.2) is 41.3 Å². The second-order valence-corrected chi connectivity index (χ2v) is 8.04. The molecule has 144 valence electrons. The number of benzene rings is 2. The Morgan fingerprint density at radius 2 is 1.70 bits per heavy atom. The molecule has 1 heterocycles. The van der Waals surface area contributed by atoms with Gasteiger partial charge in [0.25, 0.3) is 5.91 Å². The lowest BCUT2D eigenvalue weighted by Gasteiger charge is -2.26. The molecule has 1 saturated heterocycles. The third-order valence-corrected chi connectivity index (χ3v) is 6.08. The van der Waals surface area contributed by atoms with Crippen LogP contribution in [0, 0.1) is 18.6 Å². The van der Waals surface area contributed by atoms with Crippen molar-refractivity contribution in [1.29, 1.82) is 0 Å². The van der Waals surface area contributed by atoms with Crippen LogP contribution in [-0.2, 0) is 14.8 Å². The normalized spacial score (nSPS) is 15.5. The highest BCUT2D eigenvalue weighted by Gasteiger charge is 2.27. The average molecular weight is 396 g/mol. The van der Waals surface area contributed by atoms with Crippen molar-refractivity contribution in [1.82, 2.24) is 4.31 Å². The van der Waals surface area contributed by atoms with Crippen molar-refractivity contribution < 1.29 is 26.7 Å². The summed E-state index contributed by atoms with van der Waals surface area (Å²) in [6.45, 7) is 2.74. The molecule has 1 aliphatic heterocycles. The second kappa shape index (κ2) is 7.71. The summed E-state index contributed by atoms with van der Waals surface area (Å²) in [6, 6.07) is 6.87. The lowest BCUT2D eigenvalue weighted by Crippen LogP contribution is -2.40. The lowest BCUT2D eigenvalue weighted by atomic mass is 10.1. The molecule has 0 aliphatic carbocycles. The van der Waals surface area contributed by atoms with Crippen LogP contribution in [0.25, 0.3) is 0 Å². The maximum atomic E-state index is 13.3. The number of halogens is 2. The van der Waals surface area contributed by atoms with Crippen molar-refractivity contribution in [2.45, 2.75) is 11.8 Å². The molecular formula is C18H18F2N2O4S. The smallest absolute Gasteiger partial charge is 0.255 e. The summed E-state index contributed by atoms with van der Waals surface area (Å²) in [7, 11) is -3.77. The second-order valence-electron chi connectivity index (χ2n) is 6.11. The molecule has 1 fully saturated rings. The van der Waals surface area contributed by atoms with Gasteiger partial charge in [-0.3, -0.25) is 4.79 Å². The molecule has 3 rings (SSSR count). The number of hydrogen-bond acceptors (Lipinski definition) is 4. The summed E-state index contributed by atoms with van der Waals surface area (Å²) in [4.78, 5) is 12.5. The van der Waals surface area contributed by atoms with Gasteiger partial charge in [0.15, 0.2) is 0 Å². The number of morpholine rings is 1. The van der Waals surface area contributed by atoms with E-state index in [2.05, 4.69) is 5.32 Å². The van der Waals surface area contributed by atoms with Crippen molar-refractivity contribution in [2.75, 3.05) is 31.6 Å². The van der Waals surface area contributed by atoms with Crippen molar-refractivity contribution in [3.05, 3.63) is 59.2 Å². The zero-order valence-corrected chi connectivity index (χ0v) is 15.4. The van der Waals surface area contributed by atoms with Gasteiger partial charge < -0.3 is 10.1 Å². The van der Waals surface area contributed by atoms with Crippen molar-refractivity contribution >= 4 is 21.6 Å². The Hall–Kier alpha value is -2.36. The van der Waals surface area contributed by atoms with Crippen molar-refractivity contribution in [3.8, 4) is 0 Å². The fourth-order valence-corrected chi connectivity index (χ4v) is 4.20. The highest BCUT2D eigenvalue weighted by molar-refractivity contribution is 7.89. The molecule has 0 bridgehead atoms. The van der Waals surface area contributed by atoms with E-state index in [9.17, 15) is 22.0 Å². The first-order chi connectivity index (χ1) is 12.8. The molecule has 0 unspecified atom stereocenters. The van der Waals surface area contributed by atoms with Crippen LogP contribution in [0.5, 0.6) is 0 Å². The van der Waals surface area contributed by atoms with Crippen LogP contribution >= 0.6 is 0 Å². The molecule has 1 amide bonds. The quantitative estimate of drug-likeness (QED) is 0.862. The standard InChI is InChI=1S/C18H18F2N2O4S/c1-12-2-3-16(27(24,25)22-4-6-26-7-5-22)11-17(12)18(23)21-15-9-13(19)8-14(20)10-15/h2-3,8-11H,4-7H2,1H3,(H,21,23). The van der Waals surface area contributed by atoms with E-state index in [1.54, 1.807) is 6.92 Å². The number of aryl methyl sites for hydroxylation is 1. The maximum Gasteiger partial charge on any atom is 0.255 e. The molecule has 0 spiro atoms. The lowest BCUT2D eigenvalue weighted by molar-refractivity contribution is 0.0730. The van der Waals surface area contributed by atoms with Gasteiger partial charge in [-0.2, -0.15) is 4.31 Å². The van der Waals surface area contributed by atoms with E-state index in [0.717, 1.165) is 12.1 Å². The minimum absolute atomic E-state index is 0.0226. The first kappa shape index (κ1) is 19.4. The molecule has 2 aromatic carbocycles. The summed E-state index contributed by atoms with van der Waals surface area (Å²) < 4.78 is 58.6. The number of carbonyl (C=O) groups excluding carboxylic acids is 1. The minimum atomic E-state index is -3.77. The van der Waals surface area contributed by atoms with Crippen LogP contribution in [0.1, 0.15) is 15.9 Å². The molecule has 6 nitrogen and oxygen atoms in total. The van der Waals surface area contributed by atoms with Crippen LogP contribution in [0.2, 0.25) is 0 Å². The molecule has 1 N–H and O–H groups in total. The number of nitrogens with one attached hydrogen (secondary N) is 1. The summed E-state index contributed by atoms with van der Waals surface area (Å²) >= 11 is 0. The van der Waals surface area contributed by atoms with Gasteiger partial charge in [0.2, 0.25) is 10.0 Å². The Morgan fingerprint density at radius 1 is 1.07 bits per heavy atom. The monoisotopic (exact) mass is 396 g/mol. The third kappa shape index (κ3) is 4.32. The third-order valence-electron chi connectivity index (χ3n) is 4.18. The van der Waals surface area contributed by atoms with Gasteiger partial charge in [0, 0.05) is 30.4 Å². The Kier molecular flexibility index (Phi) is 5.54. The SMILES string of the molecule is Cc1ccc(S(=O)(=O)N2CCOCC2)cc1C(=O)Nc1cc(F)cc(F)c1. The van der Waals surface area contributed by atoms with Gasteiger partial charge in [-0.15, -0.1) is 0 Å². The fourth-order valence-electron chi connectivity index (χ4n) is 2.77. The number of carbonyl (C=O) groups is 1. The van der Waals surface area contributed by atoms with Crippen LogP contribution in [-0.4, -0.2) is 44.9 Å². The van der Waals surface area contributed by atoms with Gasteiger partial charge in [0.05, 0.1) is 18.1 Å². The Bertz CT molecular complexity index is 953. The number of rotatable bonds is 4. The fraction of sp³-hybridized carbons (Fsp3) is 0.278. The van der Waals surface area contributed by atoms with E-state index in [4.69, 9.17) is 4.74 Å². The average Bonchev–Trinajstić information content (AvgIpc) is 2.61. The molecule has 0 atom stereocenters. The van der Waals surface area contributed by atoms with E-state index in [0.29, 0.717) is 24.8 Å². The van der Waals surface area contributed by atoms with Gasteiger partial charge in [-0.1, -0.05) is 6.07 Å². The van der Waals surface area contributed by atoms with E-state index in [-0.39, 0.29) is 29.2 Å². The summed E-state index contributed by atoms with van der Waals surface area (Å²) in [6.07, 6.45) is 0. The van der Waals surface area contributed by atoms with Crippen LogP contribution < -0.4 is 5.32 Å². The van der Waals surface area contributed by atoms with Crippen molar-refractivity contribution in [2.24, 2.45) is 0 Å². The summed E-state index contributed by atoms with van der Waals surface area (Å²) in [5.41, 5.74) is 0.581. The highest BCUT2D eigenvalue weighted by atomic mass is 32.2. The molecular weight excluding hydrogens is 378 g/mol. The first-order valence-electron chi connectivity index (χ1n) is 8.23. The predicted octanol–water partition coefficient (Wildman–Crippen LogP) is 2.55. The van der Waals surface area contributed by atoms with Crippen molar-refractivity contribution in [3.63, 3.8) is 0 Å². The maximum absolute atomic E-state index is 13.3. The zero-order chi connectivity index (χ0) is 19.6. The van der Waals surface area contributed by atoms with E-state index >= 15 is 0 Å². The molecule has 0 aromatic heterocycles. The largest absolute Gasteiger partial charge is 0.379 e. The van der Waals surface area contributed by atoms with E-state index in [1.165, 1.54) is 22.5 Å². The number of sulfonamides is 1. The number of ether oxygens (including phenoxy) is 1. The van der Waals surface area contributed by atoms with Crippen LogP contribution in [0.4, 0.5) is 14.5 Å². The summed E-state index contributed by atoms with van der Waals surface area (Å²) in [5.74, 6) is -2.31. The van der Waals surface area contributed by atoms with Crippen LogP contribution in [0.3, 0.4) is 0 Å². The highest BCUT2D eigenvalue weighted by Crippen LogP contribution is 2.22. The minimum Gasteiger partial charge on any atom is -0.379 e. The Balaban J connectivity index is 1.89. The topological polar surface area (TPSA) is 75.7 Å². The first-order valence-corrected chi connectivity index (χ1v) is 9.67. The number of anilines is 1. The summed E-state index contributed by atoms with van der Waals surface area (Å²) in [5, 5.41) is 2.39. The number of amides is 1. The predicted molar refractivity (Wildman–Crippen MR) is 95.1 cm³/mol. The zero-order valence-electron chi connectivity index (χ0n) is 14.5. The molecule has 0 radical (unpaired) electrons. The number of hydrogen-bond donors (Lipinski definition) is 1. The Labute approximate surface area is 155 Å². The van der Waals surface area contributed by atoms with E-state index < -0.39 is 27.6 Å².